The minimum atomic E-state index is -3.89. The van der Waals surface area contributed by atoms with Gasteiger partial charge in [0.15, 0.2) is 5.76 Å². The number of amides is 1. The monoisotopic (exact) mass is 566 g/mol. The van der Waals surface area contributed by atoms with E-state index in [-0.39, 0.29) is 17.9 Å². The van der Waals surface area contributed by atoms with Crippen molar-refractivity contribution >= 4 is 27.6 Å². The molecule has 3 N–H and O–H groups in total. The molecule has 0 aliphatic carbocycles. The van der Waals surface area contributed by atoms with E-state index in [1.165, 1.54) is 12.1 Å². The lowest BCUT2D eigenvalue weighted by Gasteiger charge is -2.25. The second-order valence-corrected chi connectivity index (χ2v) is 11.9. The van der Waals surface area contributed by atoms with Gasteiger partial charge in [-0.3, -0.25) is 4.79 Å². The second-order valence-electron chi connectivity index (χ2n) is 10.1. The van der Waals surface area contributed by atoms with Crippen molar-refractivity contribution in [2.75, 3.05) is 6.54 Å². The number of benzene rings is 2. The number of unbranched alkanes of at least 4 members (excludes halogenated alkanes) is 1. The summed E-state index contributed by atoms with van der Waals surface area (Å²) in [4.78, 5) is 25.2. The third-order valence-electron chi connectivity index (χ3n) is 6.94. The van der Waals surface area contributed by atoms with Crippen LogP contribution in [0.2, 0.25) is 0 Å². The molecule has 0 bridgehead atoms. The summed E-state index contributed by atoms with van der Waals surface area (Å²) in [5.41, 5.74) is 2.99. The van der Waals surface area contributed by atoms with Gasteiger partial charge in [-0.1, -0.05) is 47.6 Å². The highest BCUT2D eigenvalue weighted by molar-refractivity contribution is 7.89. The first-order valence-corrected chi connectivity index (χ1v) is 14.8. The zero-order valence-corrected chi connectivity index (χ0v) is 23.2. The van der Waals surface area contributed by atoms with Gasteiger partial charge in [0.05, 0.1) is 10.6 Å². The highest BCUT2D eigenvalue weighted by atomic mass is 32.2. The van der Waals surface area contributed by atoms with Crippen LogP contribution in [0, 0.1) is 5.41 Å². The Morgan fingerprint density at radius 1 is 1.15 bits per heavy atom. The number of carbonyl (C=O) groups is 2. The largest absolute Gasteiger partial charge is 0.480 e. The molecule has 4 rings (SSSR count). The molecule has 1 saturated heterocycles. The normalized spacial score (nSPS) is 16.5. The molecule has 2 atom stereocenters. The number of rotatable bonds is 13. The molecule has 10 nitrogen and oxygen atoms in total. The van der Waals surface area contributed by atoms with E-state index in [9.17, 15) is 23.1 Å². The number of aliphatic carboxylic acids is 1. The number of sulfonamides is 1. The van der Waals surface area contributed by atoms with Crippen molar-refractivity contribution in [1.29, 1.82) is 5.41 Å². The van der Waals surface area contributed by atoms with Crippen LogP contribution in [0.4, 0.5) is 0 Å². The molecule has 0 radical (unpaired) electrons. The number of hydrogen-bond acceptors (Lipinski definition) is 7. The molecule has 0 spiro atoms. The van der Waals surface area contributed by atoms with Crippen LogP contribution in [0.3, 0.4) is 0 Å². The molecule has 1 amide bonds. The Labute approximate surface area is 233 Å². The van der Waals surface area contributed by atoms with Gasteiger partial charge < -0.3 is 20.4 Å². The van der Waals surface area contributed by atoms with Gasteiger partial charge in [0, 0.05) is 30.3 Å². The van der Waals surface area contributed by atoms with E-state index in [1.807, 2.05) is 18.2 Å². The van der Waals surface area contributed by atoms with Gasteiger partial charge in [0.1, 0.15) is 12.1 Å². The van der Waals surface area contributed by atoms with Gasteiger partial charge in [-0.15, -0.1) is 0 Å². The Bertz CT molecular complexity index is 1440. The number of hydrogen-bond donors (Lipinski definition) is 3. The number of aryl methyl sites for hydroxylation is 1. The average Bonchev–Trinajstić information content (AvgIpc) is 3.62. The number of nitrogens with one attached hydrogen (secondary N) is 2. The molecule has 1 aliphatic heterocycles. The van der Waals surface area contributed by atoms with Gasteiger partial charge in [-0.25, -0.2) is 13.2 Å². The highest BCUT2D eigenvalue weighted by Crippen LogP contribution is 2.27. The van der Waals surface area contributed by atoms with E-state index in [2.05, 4.69) is 10.5 Å². The summed E-state index contributed by atoms with van der Waals surface area (Å²) in [5.74, 6) is -1.22. The van der Waals surface area contributed by atoms with E-state index < -0.39 is 34.0 Å². The maximum atomic E-state index is 13.1. The van der Waals surface area contributed by atoms with Gasteiger partial charge in [-0.2, -0.15) is 4.31 Å². The third-order valence-corrected chi connectivity index (χ3v) is 8.87. The molecule has 0 saturated carbocycles. The topological polar surface area (TPSA) is 154 Å². The Morgan fingerprint density at radius 2 is 1.88 bits per heavy atom. The maximum absolute atomic E-state index is 13.1. The first-order chi connectivity index (χ1) is 19.1. The minimum absolute atomic E-state index is 0.0353. The van der Waals surface area contributed by atoms with Crippen molar-refractivity contribution in [2.45, 2.75) is 68.8 Å². The quantitative estimate of drug-likeness (QED) is 0.208. The molecular weight excluding hydrogens is 532 g/mol. The van der Waals surface area contributed by atoms with E-state index in [4.69, 9.17) is 9.93 Å². The van der Waals surface area contributed by atoms with Crippen molar-refractivity contribution in [3.8, 4) is 11.3 Å². The van der Waals surface area contributed by atoms with Gasteiger partial charge in [0.2, 0.25) is 15.9 Å². The third kappa shape index (κ3) is 7.22. The smallest absolute Gasteiger partial charge is 0.326 e. The lowest BCUT2D eigenvalue weighted by Crippen LogP contribution is -2.51. The Balaban J connectivity index is 1.37. The van der Waals surface area contributed by atoms with Crippen molar-refractivity contribution < 1.29 is 27.6 Å². The predicted molar refractivity (Wildman–Crippen MR) is 150 cm³/mol. The Kier molecular flexibility index (Phi) is 9.49. The molecular formula is C29H34N4O6S. The fourth-order valence-corrected chi connectivity index (χ4v) is 6.47. The maximum Gasteiger partial charge on any atom is 0.326 e. The van der Waals surface area contributed by atoms with Crippen LogP contribution in [0.15, 0.2) is 70.1 Å². The molecule has 2 heterocycles. The van der Waals surface area contributed by atoms with Crippen molar-refractivity contribution in [2.24, 2.45) is 0 Å². The summed E-state index contributed by atoms with van der Waals surface area (Å²) in [6, 6.07) is 14.8. The SMILES string of the molecule is CC(=N)CCCCc1cc(-c2ccc(C[C@H](NC(=O)[C@@H]3CCCN3S(=O)(=O)c3ccccc3)C(=O)O)cc2)on1. The molecule has 1 aliphatic rings. The molecule has 0 unspecified atom stereocenters. The summed E-state index contributed by atoms with van der Waals surface area (Å²) in [6.07, 6.45) is 4.25. The standard InChI is InChI=1S/C29H34N4O6S/c1-20(30)8-5-6-9-23-19-27(39-32-23)22-15-13-21(14-16-22)18-25(29(35)36)31-28(34)26-12-7-17-33(26)40(37,38)24-10-3-2-4-11-24/h2-4,10-11,13-16,19,25-26,30H,5-9,12,17-18H2,1H3,(H,31,34)(H,35,36)/t25-,26-/m0/s1. The number of carbonyl (C=O) groups excluding carboxylic acids is 1. The highest BCUT2D eigenvalue weighted by Gasteiger charge is 2.40. The van der Waals surface area contributed by atoms with E-state index in [0.29, 0.717) is 29.9 Å². The fourth-order valence-electron chi connectivity index (χ4n) is 4.79. The van der Waals surface area contributed by atoms with Crippen LogP contribution < -0.4 is 5.32 Å². The van der Waals surface area contributed by atoms with Crippen LogP contribution in [0.5, 0.6) is 0 Å². The zero-order valence-electron chi connectivity index (χ0n) is 22.4. The Morgan fingerprint density at radius 3 is 2.55 bits per heavy atom. The van der Waals surface area contributed by atoms with E-state index in [1.54, 1.807) is 37.3 Å². The first-order valence-electron chi connectivity index (χ1n) is 13.3. The number of carboxylic acids is 1. The zero-order chi connectivity index (χ0) is 28.7. The van der Waals surface area contributed by atoms with Crippen LogP contribution in [0.1, 0.15) is 50.3 Å². The van der Waals surface area contributed by atoms with Crippen LogP contribution in [-0.4, -0.2) is 59.2 Å². The molecule has 2 aromatic carbocycles. The molecule has 40 heavy (non-hydrogen) atoms. The van der Waals surface area contributed by atoms with Crippen LogP contribution in [-0.2, 0) is 32.5 Å². The van der Waals surface area contributed by atoms with Crippen LogP contribution in [0.25, 0.3) is 11.3 Å². The van der Waals surface area contributed by atoms with Gasteiger partial charge in [0.25, 0.3) is 0 Å². The van der Waals surface area contributed by atoms with Crippen molar-refractivity contribution in [1.82, 2.24) is 14.8 Å². The number of nitrogens with zero attached hydrogens (tertiary/aromatic N) is 2. The predicted octanol–water partition coefficient (Wildman–Crippen LogP) is 4.06. The summed E-state index contributed by atoms with van der Waals surface area (Å²) >= 11 is 0. The van der Waals surface area contributed by atoms with Crippen molar-refractivity contribution in [3.05, 3.63) is 71.9 Å². The second kappa shape index (κ2) is 13.0. The lowest BCUT2D eigenvalue weighted by atomic mass is 10.0. The summed E-state index contributed by atoms with van der Waals surface area (Å²) in [7, 11) is -3.89. The molecule has 1 fully saturated rings. The lowest BCUT2D eigenvalue weighted by molar-refractivity contribution is -0.142. The minimum Gasteiger partial charge on any atom is -0.480 e. The number of aromatic nitrogens is 1. The van der Waals surface area contributed by atoms with Crippen molar-refractivity contribution in [3.63, 3.8) is 0 Å². The molecule has 1 aromatic heterocycles. The molecule has 3 aromatic rings. The van der Waals surface area contributed by atoms with Gasteiger partial charge in [-0.05, 0) is 63.1 Å². The van der Waals surface area contributed by atoms with E-state index >= 15 is 0 Å². The van der Waals surface area contributed by atoms with Crippen LogP contribution >= 0.6 is 0 Å². The average molecular weight is 567 g/mol. The summed E-state index contributed by atoms with van der Waals surface area (Å²) < 4.78 is 32.8. The molecule has 212 valence electrons. The fraction of sp³-hybridized carbons (Fsp3) is 0.379. The number of carboxylic acid groups (broad SMARTS) is 1. The summed E-state index contributed by atoms with van der Waals surface area (Å²) in [5, 5.41) is 24.0. The van der Waals surface area contributed by atoms with Gasteiger partial charge >= 0.3 is 5.97 Å². The molecule has 11 heteroatoms. The Hall–Kier alpha value is -3.83. The van der Waals surface area contributed by atoms with E-state index in [0.717, 1.165) is 41.2 Å². The first kappa shape index (κ1) is 29.2. The summed E-state index contributed by atoms with van der Waals surface area (Å²) in [6.45, 7) is 1.99.